The highest BCUT2D eigenvalue weighted by molar-refractivity contribution is 5.86. The molecule has 26 heavy (non-hydrogen) atoms. The highest BCUT2D eigenvalue weighted by atomic mass is 16.6. The zero-order valence-corrected chi connectivity index (χ0v) is 16.8. The van der Waals surface area contributed by atoms with Gasteiger partial charge in [-0.1, -0.05) is 34.3 Å². The normalized spacial score (nSPS) is 13.1. The lowest BCUT2D eigenvalue weighted by Crippen LogP contribution is -2.37. The smallest absolute Gasteiger partial charge is 0.407 e. The van der Waals surface area contributed by atoms with Gasteiger partial charge in [0, 0.05) is 5.57 Å². The van der Waals surface area contributed by atoms with Crippen LogP contribution in [0.25, 0.3) is 0 Å². The maximum atomic E-state index is 12.4. The molecule has 0 aromatic rings. The van der Waals surface area contributed by atoms with Gasteiger partial charge in [0.05, 0.1) is 12.0 Å². The van der Waals surface area contributed by atoms with E-state index < -0.39 is 17.5 Å². The van der Waals surface area contributed by atoms with Crippen LogP contribution in [0.2, 0.25) is 0 Å². The third kappa shape index (κ3) is 8.87. The molecule has 0 saturated heterocycles. The number of hydrogen-bond donors (Lipinski definition) is 1. The average molecular weight is 371 g/mol. The van der Waals surface area contributed by atoms with E-state index in [1.165, 1.54) is 6.92 Å². The lowest BCUT2D eigenvalue weighted by Gasteiger charge is -2.32. The van der Waals surface area contributed by atoms with E-state index in [-0.39, 0.29) is 38.3 Å². The molecular weight excluding hydrogens is 338 g/mol. The molecular formula is C19H33NO6. The SMILES string of the molecule is C=C(C)C(=O)OCCNC(=O)OCCOC(=O)C(C)(CC(C)C)C(C)C. The molecule has 0 fully saturated rings. The van der Waals surface area contributed by atoms with E-state index >= 15 is 0 Å². The van der Waals surface area contributed by atoms with Crippen molar-refractivity contribution in [2.45, 2.75) is 48.0 Å². The molecule has 0 rings (SSSR count). The van der Waals surface area contributed by atoms with Gasteiger partial charge in [-0.25, -0.2) is 9.59 Å². The second kappa shape index (κ2) is 11.5. The quantitative estimate of drug-likeness (QED) is 0.260. The van der Waals surface area contributed by atoms with Crippen LogP contribution < -0.4 is 5.32 Å². The first-order chi connectivity index (χ1) is 12.0. The Morgan fingerprint density at radius 1 is 1.00 bits per heavy atom. The molecule has 0 heterocycles. The molecule has 0 aliphatic rings. The summed E-state index contributed by atoms with van der Waals surface area (Å²) in [5.41, 5.74) is -0.274. The number of alkyl carbamates (subject to hydrolysis) is 1. The number of carbonyl (C=O) groups excluding carboxylic acids is 3. The Bertz CT molecular complexity index is 500. The van der Waals surface area contributed by atoms with Gasteiger partial charge in [-0.2, -0.15) is 0 Å². The van der Waals surface area contributed by atoms with Crippen molar-refractivity contribution in [3.8, 4) is 0 Å². The zero-order valence-electron chi connectivity index (χ0n) is 16.8. The molecule has 150 valence electrons. The lowest BCUT2D eigenvalue weighted by molar-refractivity contribution is -0.160. The number of esters is 2. The van der Waals surface area contributed by atoms with Gasteiger partial charge in [-0.05, 0) is 32.1 Å². The van der Waals surface area contributed by atoms with E-state index in [1.807, 2.05) is 20.8 Å². The molecule has 0 aromatic carbocycles. The standard InChI is InChI=1S/C19H33NO6/c1-13(2)12-19(7,15(5)6)17(22)25-10-11-26-18(23)20-8-9-24-16(21)14(3)4/h13,15H,3,8-12H2,1-2,4-7H3,(H,20,23). The van der Waals surface area contributed by atoms with Crippen molar-refractivity contribution in [1.82, 2.24) is 5.32 Å². The number of carbonyl (C=O) groups is 3. The lowest BCUT2D eigenvalue weighted by atomic mass is 9.73. The minimum Gasteiger partial charge on any atom is -0.462 e. The summed E-state index contributed by atoms with van der Waals surface area (Å²) in [4.78, 5) is 35.0. The van der Waals surface area contributed by atoms with Crippen LogP contribution in [-0.4, -0.2) is 44.4 Å². The van der Waals surface area contributed by atoms with Crippen LogP contribution in [0.3, 0.4) is 0 Å². The molecule has 1 unspecified atom stereocenters. The predicted octanol–water partition coefficient (Wildman–Crippen LogP) is 3.08. The maximum Gasteiger partial charge on any atom is 0.407 e. The Labute approximate surface area is 156 Å². The number of rotatable bonds is 11. The molecule has 0 aliphatic heterocycles. The van der Waals surface area contributed by atoms with Crippen LogP contribution in [0, 0.1) is 17.3 Å². The van der Waals surface area contributed by atoms with Crippen molar-refractivity contribution in [2.75, 3.05) is 26.4 Å². The molecule has 0 bridgehead atoms. The minimum atomic E-state index is -0.666. The van der Waals surface area contributed by atoms with E-state index in [1.54, 1.807) is 0 Å². The van der Waals surface area contributed by atoms with Crippen LogP contribution in [0.4, 0.5) is 4.79 Å². The molecule has 7 nitrogen and oxygen atoms in total. The molecule has 0 spiro atoms. The van der Waals surface area contributed by atoms with E-state index in [4.69, 9.17) is 14.2 Å². The summed E-state index contributed by atoms with van der Waals surface area (Å²) in [6, 6.07) is 0. The number of amides is 1. The monoisotopic (exact) mass is 371 g/mol. The Morgan fingerprint density at radius 3 is 2.08 bits per heavy atom. The average Bonchev–Trinajstić information content (AvgIpc) is 2.53. The number of nitrogens with one attached hydrogen (secondary N) is 1. The van der Waals surface area contributed by atoms with Gasteiger partial charge in [-0.15, -0.1) is 0 Å². The van der Waals surface area contributed by atoms with Crippen LogP contribution in [0.5, 0.6) is 0 Å². The highest BCUT2D eigenvalue weighted by Crippen LogP contribution is 2.35. The summed E-state index contributed by atoms with van der Waals surface area (Å²) in [7, 11) is 0. The van der Waals surface area contributed by atoms with Crippen LogP contribution >= 0.6 is 0 Å². The van der Waals surface area contributed by atoms with Crippen molar-refractivity contribution in [3.05, 3.63) is 12.2 Å². The zero-order chi connectivity index (χ0) is 20.3. The van der Waals surface area contributed by atoms with Gasteiger partial charge in [0.1, 0.15) is 19.8 Å². The van der Waals surface area contributed by atoms with E-state index in [9.17, 15) is 14.4 Å². The molecule has 0 aliphatic carbocycles. The third-order valence-corrected chi connectivity index (χ3v) is 4.08. The summed E-state index contributed by atoms with van der Waals surface area (Å²) in [5.74, 6) is -0.280. The molecule has 1 atom stereocenters. The summed E-state index contributed by atoms with van der Waals surface area (Å²) < 4.78 is 15.0. The van der Waals surface area contributed by atoms with Gasteiger partial charge in [0.15, 0.2) is 0 Å². The minimum absolute atomic E-state index is 0.00268. The van der Waals surface area contributed by atoms with Crippen LogP contribution in [-0.2, 0) is 23.8 Å². The van der Waals surface area contributed by atoms with Gasteiger partial charge in [0.2, 0.25) is 0 Å². The molecule has 1 N–H and O–H groups in total. The largest absolute Gasteiger partial charge is 0.462 e. The van der Waals surface area contributed by atoms with Crippen LogP contribution in [0.15, 0.2) is 12.2 Å². The summed E-state index contributed by atoms with van der Waals surface area (Å²) >= 11 is 0. The summed E-state index contributed by atoms with van der Waals surface area (Å²) in [6.07, 6.45) is 0.0644. The van der Waals surface area contributed by atoms with Crippen molar-refractivity contribution in [3.63, 3.8) is 0 Å². The van der Waals surface area contributed by atoms with E-state index in [0.29, 0.717) is 11.5 Å². The summed E-state index contributed by atoms with van der Waals surface area (Å²) in [6.45, 7) is 15.1. The number of hydrogen-bond acceptors (Lipinski definition) is 6. The molecule has 0 saturated carbocycles. The van der Waals surface area contributed by atoms with E-state index in [2.05, 4.69) is 25.7 Å². The van der Waals surface area contributed by atoms with Crippen molar-refractivity contribution < 1.29 is 28.6 Å². The number of ether oxygens (including phenoxy) is 3. The fourth-order valence-corrected chi connectivity index (χ4v) is 2.31. The van der Waals surface area contributed by atoms with Gasteiger partial charge in [0.25, 0.3) is 0 Å². The molecule has 7 heteroatoms. The van der Waals surface area contributed by atoms with Crippen LogP contribution in [0.1, 0.15) is 48.0 Å². The summed E-state index contributed by atoms with van der Waals surface area (Å²) in [5, 5.41) is 2.43. The fourth-order valence-electron chi connectivity index (χ4n) is 2.31. The van der Waals surface area contributed by atoms with Crippen molar-refractivity contribution in [1.29, 1.82) is 0 Å². The topological polar surface area (TPSA) is 90.9 Å². The predicted molar refractivity (Wildman–Crippen MR) is 98.5 cm³/mol. The van der Waals surface area contributed by atoms with Crippen molar-refractivity contribution in [2.24, 2.45) is 17.3 Å². The second-order valence-electron chi connectivity index (χ2n) is 7.29. The van der Waals surface area contributed by atoms with E-state index in [0.717, 1.165) is 6.42 Å². The first-order valence-electron chi connectivity index (χ1n) is 8.91. The Balaban J connectivity index is 4.06. The van der Waals surface area contributed by atoms with Crippen molar-refractivity contribution >= 4 is 18.0 Å². The molecule has 0 aromatic heterocycles. The third-order valence-electron chi connectivity index (χ3n) is 4.08. The fraction of sp³-hybridized carbons (Fsp3) is 0.737. The first-order valence-corrected chi connectivity index (χ1v) is 8.91. The second-order valence-corrected chi connectivity index (χ2v) is 7.29. The first kappa shape index (κ1) is 23.9. The Hall–Kier alpha value is -2.05. The molecule has 0 radical (unpaired) electrons. The van der Waals surface area contributed by atoms with Gasteiger partial charge < -0.3 is 19.5 Å². The highest BCUT2D eigenvalue weighted by Gasteiger charge is 2.38. The van der Waals surface area contributed by atoms with Gasteiger partial charge in [-0.3, -0.25) is 4.79 Å². The Morgan fingerprint density at radius 2 is 1.58 bits per heavy atom. The van der Waals surface area contributed by atoms with Gasteiger partial charge >= 0.3 is 18.0 Å². The maximum absolute atomic E-state index is 12.4. The Kier molecular flexibility index (Phi) is 10.6. The molecule has 1 amide bonds.